The summed E-state index contributed by atoms with van der Waals surface area (Å²) in [5, 5.41) is 6.03. The van der Waals surface area contributed by atoms with Gasteiger partial charge in [0.25, 0.3) is 0 Å². The molecule has 9 heteroatoms. The molecule has 2 fully saturated rings. The number of sulfonamides is 1. The molecule has 1 amide bonds. The van der Waals surface area contributed by atoms with Crippen molar-refractivity contribution in [1.82, 2.24) is 14.9 Å². The van der Waals surface area contributed by atoms with E-state index in [9.17, 15) is 22.0 Å². The molecule has 0 aliphatic carbocycles. The number of benzene rings is 1. The predicted molar refractivity (Wildman–Crippen MR) is 87.2 cm³/mol. The van der Waals surface area contributed by atoms with Crippen LogP contribution in [0.4, 0.5) is 8.78 Å². The van der Waals surface area contributed by atoms with Crippen molar-refractivity contribution in [3.63, 3.8) is 0 Å². The van der Waals surface area contributed by atoms with E-state index in [0.29, 0.717) is 31.4 Å². The van der Waals surface area contributed by atoms with Crippen LogP contribution in [-0.2, 0) is 14.8 Å². The number of nitrogens with zero attached hydrogens (tertiary/aromatic N) is 1. The van der Waals surface area contributed by atoms with Crippen molar-refractivity contribution in [3.8, 4) is 0 Å². The summed E-state index contributed by atoms with van der Waals surface area (Å²) in [6, 6.07) is 2.37. The number of hydrogen-bond donors (Lipinski definition) is 2. The standard InChI is InChI=1S/C16H21F2N3O3S/c17-13-1-2-14(18)15(7-13)25(23,24)21-5-3-12(4-6-21)16(22)20-10-11-8-19-9-11/h1-2,7,11-12,19H,3-6,8-10H2,(H,20,22). The average Bonchev–Trinajstić information content (AvgIpc) is 2.55. The van der Waals surface area contributed by atoms with E-state index in [1.54, 1.807) is 0 Å². The summed E-state index contributed by atoms with van der Waals surface area (Å²) in [5.41, 5.74) is 0. The van der Waals surface area contributed by atoms with E-state index in [0.717, 1.165) is 29.5 Å². The molecule has 0 aromatic heterocycles. The highest BCUT2D eigenvalue weighted by Crippen LogP contribution is 2.26. The van der Waals surface area contributed by atoms with Gasteiger partial charge in [-0.15, -0.1) is 0 Å². The smallest absolute Gasteiger partial charge is 0.246 e. The van der Waals surface area contributed by atoms with Gasteiger partial charge in [0, 0.05) is 44.6 Å². The second-order valence-electron chi connectivity index (χ2n) is 6.52. The van der Waals surface area contributed by atoms with Crippen LogP contribution in [0, 0.1) is 23.5 Å². The van der Waals surface area contributed by atoms with Crippen LogP contribution >= 0.6 is 0 Å². The van der Waals surface area contributed by atoms with Crippen molar-refractivity contribution in [3.05, 3.63) is 29.8 Å². The van der Waals surface area contributed by atoms with Crippen LogP contribution in [0.15, 0.2) is 23.1 Å². The van der Waals surface area contributed by atoms with E-state index in [4.69, 9.17) is 0 Å². The molecule has 2 N–H and O–H groups in total. The topological polar surface area (TPSA) is 78.5 Å². The maximum atomic E-state index is 13.8. The van der Waals surface area contributed by atoms with E-state index < -0.39 is 26.6 Å². The Morgan fingerprint density at radius 1 is 1.24 bits per heavy atom. The Hall–Kier alpha value is -1.58. The van der Waals surface area contributed by atoms with Crippen molar-refractivity contribution >= 4 is 15.9 Å². The summed E-state index contributed by atoms with van der Waals surface area (Å²) in [7, 11) is -4.11. The summed E-state index contributed by atoms with van der Waals surface area (Å²) < 4.78 is 53.2. The van der Waals surface area contributed by atoms with Gasteiger partial charge in [-0.25, -0.2) is 17.2 Å². The van der Waals surface area contributed by atoms with Crippen LogP contribution < -0.4 is 10.6 Å². The molecule has 0 spiro atoms. The van der Waals surface area contributed by atoms with Crippen molar-refractivity contribution in [2.75, 3.05) is 32.7 Å². The van der Waals surface area contributed by atoms with E-state index in [2.05, 4.69) is 10.6 Å². The van der Waals surface area contributed by atoms with E-state index in [1.165, 1.54) is 0 Å². The van der Waals surface area contributed by atoms with Crippen LogP contribution in [0.3, 0.4) is 0 Å². The molecule has 2 heterocycles. The van der Waals surface area contributed by atoms with Crippen molar-refractivity contribution in [2.24, 2.45) is 11.8 Å². The highest BCUT2D eigenvalue weighted by atomic mass is 32.2. The van der Waals surface area contributed by atoms with Crippen LogP contribution in [-0.4, -0.2) is 51.4 Å². The number of amides is 1. The fourth-order valence-corrected chi connectivity index (χ4v) is 4.60. The third-order valence-corrected chi connectivity index (χ3v) is 6.68. The molecule has 0 saturated carbocycles. The first-order valence-corrected chi connectivity index (χ1v) is 9.75. The van der Waals surface area contributed by atoms with Crippen LogP contribution in [0.5, 0.6) is 0 Å². The highest BCUT2D eigenvalue weighted by Gasteiger charge is 2.34. The van der Waals surface area contributed by atoms with Crippen LogP contribution in [0.1, 0.15) is 12.8 Å². The molecule has 2 aliphatic heterocycles. The Morgan fingerprint density at radius 3 is 2.52 bits per heavy atom. The van der Waals surface area contributed by atoms with Crippen LogP contribution in [0.2, 0.25) is 0 Å². The predicted octanol–water partition coefficient (Wildman–Crippen LogP) is 0.701. The lowest BCUT2D eigenvalue weighted by Gasteiger charge is -2.32. The molecule has 2 aliphatic rings. The number of halogens is 2. The molecule has 3 rings (SSSR count). The monoisotopic (exact) mass is 373 g/mol. The highest BCUT2D eigenvalue weighted by molar-refractivity contribution is 7.89. The molecule has 138 valence electrons. The SMILES string of the molecule is O=C(NCC1CNC1)C1CCN(S(=O)(=O)c2cc(F)ccc2F)CC1. The minimum atomic E-state index is -4.11. The minimum Gasteiger partial charge on any atom is -0.355 e. The van der Waals surface area contributed by atoms with Gasteiger partial charge in [0.05, 0.1) is 0 Å². The fourth-order valence-electron chi connectivity index (χ4n) is 3.05. The zero-order valence-electron chi connectivity index (χ0n) is 13.7. The maximum Gasteiger partial charge on any atom is 0.246 e. The number of hydrogen-bond acceptors (Lipinski definition) is 4. The number of carbonyl (C=O) groups is 1. The van der Waals surface area contributed by atoms with Crippen molar-refractivity contribution in [2.45, 2.75) is 17.7 Å². The Balaban J connectivity index is 1.59. The third kappa shape index (κ3) is 3.99. The zero-order valence-corrected chi connectivity index (χ0v) is 14.5. The second kappa shape index (κ2) is 7.35. The normalized spacial score (nSPS) is 20.2. The number of rotatable bonds is 5. The summed E-state index contributed by atoms with van der Waals surface area (Å²) in [5.74, 6) is -1.65. The van der Waals surface area contributed by atoms with Gasteiger partial charge in [0.1, 0.15) is 16.5 Å². The van der Waals surface area contributed by atoms with Gasteiger partial charge >= 0.3 is 0 Å². The lowest BCUT2D eigenvalue weighted by atomic mass is 9.96. The van der Waals surface area contributed by atoms with Gasteiger partial charge in [0.15, 0.2) is 0 Å². The fraction of sp³-hybridized carbons (Fsp3) is 0.562. The third-order valence-electron chi connectivity index (χ3n) is 4.77. The molecule has 0 radical (unpaired) electrons. The maximum absolute atomic E-state index is 13.8. The first-order chi connectivity index (χ1) is 11.9. The molecular formula is C16H21F2N3O3S. The molecule has 0 atom stereocenters. The van der Waals surface area contributed by atoms with Crippen molar-refractivity contribution in [1.29, 1.82) is 0 Å². The number of carbonyl (C=O) groups excluding carboxylic acids is 1. The Morgan fingerprint density at radius 2 is 1.92 bits per heavy atom. The quantitative estimate of drug-likeness (QED) is 0.797. The number of piperidine rings is 1. The van der Waals surface area contributed by atoms with Crippen molar-refractivity contribution < 1.29 is 22.0 Å². The lowest BCUT2D eigenvalue weighted by Crippen LogP contribution is -2.50. The Bertz CT molecular complexity index is 745. The average molecular weight is 373 g/mol. The molecule has 2 saturated heterocycles. The zero-order chi connectivity index (χ0) is 18.0. The Labute approximate surface area is 145 Å². The molecule has 0 unspecified atom stereocenters. The first-order valence-electron chi connectivity index (χ1n) is 8.31. The molecule has 1 aromatic rings. The van der Waals surface area contributed by atoms with E-state index in [-0.39, 0.29) is 24.9 Å². The van der Waals surface area contributed by atoms with Gasteiger partial charge in [-0.2, -0.15) is 4.31 Å². The summed E-state index contributed by atoms with van der Waals surface area (Å²) in [6.45, 7) is 2.65. The lowest BCUT2D eigenvalue weighted by molar-refractivity contribution is -0.126. The first kappa shape index (κ1) is 18.2. The summed E-state index contributed by atoms with van der Waals surface area (Å²) in [6.07, 6.45) is 0.732. The van der Waals surface area contributed by atoms with Crippen LogP contribution in [0.25, 0.3) is 0 Å². The summed E-state index contributed by atoms with van der Waals surface area (Å²) >= 11 is 0. The second-order valence-corrected chi connectivity index (χ2v) is 8.43. The Kier molecular flexibility index (Phi) is 5.35. The molecule has 6 nitrogen and oxygen atoms in total. The minimum absolute atomic E-state index is 0.0686. The summed E-state index contributed by atoms with van der Waals surface area (Å²) in [4.78, 5) is 11.5. The molecule has 25 heavy (non-hydrogen) atoms. The van der Waals surface area contributed by atoms with Gasteiger partial charge in [-0.1, -0.05) is 0 Å². The van der Waals surface area contributed by atoms with Gasteiger partial charge in [-0.3, -0.25) is 4.79 Å². The number of nitrogens with one attached hydrogen (secondary N) is 2. The van der Waals surface area contributed by atoms with Gasteiger partial charge < -0.3 is 10.6 Å². The van der Waals surface area contributed by atoms with E-state index >= 15 is 0 Å². The van der Waals surface area contributed by atoms with Gasteiger partial charge in [-0.05, 0) is 31.0 Å². The molecular weight excluding hydrogens is 352 g/mol. The van der Waals surface area contributed by atoms with Gasteiger partial charge in [0.2, 0.25) is 15.9 Å². The largest absolute Gasteiger partial charge is 0.355 e. The van der Waals surface area contributed by atoms with E-state index in [1.807, 2.05) is 0 Å². The molecule has 0 bridgehead atoms. The molecule has 1 aromatic carbocycles.